The summed E-state index contributed by atoms with van der Waals surface area (Å²) in [6, 6.07) is 12.5. The summed E-state index contributed by atoms with van der Waals surface area (Å²) < 4.78 is 39.7. The minimum atomic E-state index is -3.66. The van der Waals surface area contributed by atoms with E-state index < -0.39 is 15.8 Å². The largest absolute Gasteiger partial charge is 0.355 e. The van der Waals surface area contributed by atoms with Crippen molar-refractivity contribution in [2.24, 2.45) is 5.92 Å². The Morgan fingerprint density at radius 3 is 2.37 bits per heavy atom. The Bertz CT molecular complexity index is 945. The van der Waals surface area contributed by atoms with Gasteiger partial charge >= 0.3 is 0 Å². The number of benzene rings is 2. The van der Waals surface area contributed by atoms with Gasteiger partial charge in [-0.15, -0.1) is 0 Å². The lowest BCUT2D eigenvalue weighted by atomic mass is 9.97. The van der Waals surface area contributed by atoms with Crippen molar-refractivity contribution in [3.8, 4) is 0 Å². The van der Waals surface area contributed by atoms with Crippen molar-refractivity contribution in [3.63, 3.8) is 0 Å². The van der Waals surface area contributed by atoms with E-state index in [0.29, 0.717) is 24.4 Å². The number of hydrogen-bond acceptors (Lipinski definition) is 4. The predicted octanol–water partition coefficient (Wildman–Crippen LogP) is 3.93. The van der Waals surface area contributed by atoms with E-state index in [2.05, 4.69) is 5.32 Å². The minimum absolute atomic E-state index is 0.0269. The number of nitrogens with one attached hydrogen (secondary N) is 1. The van der Waals surface area contributed by atoms with Crippen LogP contribution in [-0.4, -0.2) is 44.0 Å². The Kier molecular flexibility index (Phi) is 8.16. The van der Waals surface area contributed by atoms with Crippen LogP contribution in [0, 0.1) is 11.7 Å². The smallest absolute Gasteiger partial charge is 0.243 e. The molecule has 1 aliphatic rings. The average molecular weight is 471 g/mol. The summed E-state index contributed by atoms with van der Waals surface area (Å²) in [5, 5.41) is 3.66. The fourth-order valence-corrected chi connectivity index (χ4v) is 5.69. The molecule has 5 nitrogen and oxygen atoms in total. The van der Waals surface area contributed by atoms with Gasteiger partial charge in [-0.05, 0) is 54.8 Å². The first-order chi connectivity index (χ1) is 14.4. The molecule has 0 spiro atoms. The van der Waals surface area contributed by atoms with Crippen molar-refractivity contribution >= 4 is 39.3 Å². The number of hydrogen-bond donors (Lipinski definition) is 1. The van der Waals surface area contributed by atoms with Gasteiger partial charge in [0.05, 0.1) is 4.90 Å². The maximum atomic E-state index is 13.0. The molecule has 1 saturated heterocycles. The number of carbonyl (C=O) groups is 1. The summed E-state index contributed by atoms with van der Waals surface area (Å²) in [5.74, 6) is 0.960. The van der Waals surface area contributed by atoms with Crippen LogP contribution in [0.4, 0.5) is 4.39 Å². The predicted molar refractivity (Wildman–Crippen MR) is 119 cm³/mol. The molecule has 1 N–H and O–H groups in total. The van der Waals surface area contributed by atoms with Crippen LogP contribution in [-0.2, 0) is 20.6 Å². The van der Waals surface area contributed by atoms with E-state index in [4.69, 9.17) is 11.6 Å². The van der Waals surface area contributed by atoms with E-state index in [1.165, 1.54) is 22.0 Å². The fourth-order valence-electron chi connectivity index (χ4n) is 3.28. The summed E-state index contributed by atoms with van der Waals surface area (Å²) in [5.41, 5.74) is 1.19. The highest BCUT2D eigenvalue weighted by Gasteiger charge is 2.31. The van der Waals surface area contributed by atoms with Crippen molar-refractivity contribution in [1.29, 1.82) is 0 Å². The normalized spacial score (nSPS) is 15.8. The number of carbonyl (C=O) groups excluding carboxylic acids is 1. The number of halogens is 2. The lowest BCUT2D eigenvalue weighted by Gasteiger charge is -2.30. The molecule has 162 valence electrons. The van der Waals surface area contributed by atoms with Gasteiger partial charge in [-0.1, -0.05) is 23.7 Å². The second kappa shape index (κ2) is 10.6. The first-order valence-corrected chi connectivity index (χ1v) is 12.7. The van der Waals surface area contributed by atoms with Crippen molar-refractivity contribution in [2.75, 3.05) is 25.4 Å². The van der Waals surface area contributed by atoms with Gasteiger partial charge in [0.2, 0.25) is 15.9 Å². The van der Waals surface area contributed by atoms with Gasteiger partial charge in [0, 0.05) is 42.1 Å². The zero-order valence-corrected chi connectivity index (χ0v) is 18.8. The number of nitrogens with zero attached hydrogens (tertiary/aromatic N) is 1. The third-order valence-corrected chi connectivity index (χ3v) is 8.20. The van der Waals surface area contributed by atoms with Crippen molar-refractivity contribution in [1.82, 2.24) is 9.62 Å². The van der Waals surface area contributed by atoms with Crippen LogP contribution in [0.2, 0.25) is 5.02 Å². The standard InChI is InChI=1S/C21H24ClFN2O3S2/c22-18-3-1-16(2-4-18)15-29-14-11-24-21(26)17-9-12-25(13-10-17)30(27,28)20-7-5-19(23)6-8-20/h1-8,17H,9-15H2,(H,24,26). The van der Waals surface area contributed by atoms with Gasteiger partial charge in [0.25, 0.3) is 0 Å². The number of piperidine rings is 1. The number of rotatable bonds is 8. The summed E-state index contributed by atoms with van der Waals surface area (Å²) in [7, 11) is -3.66. The molecule has 30 heavy (non-hydrogen) atoms. The molecule has 0 bridgehead atoms. The molecule has 2 aromatic rings. The zero-order valence-electron chi connectivity index (χ0n) is 16.4. The highest BCUT2D eigenvalue weighted by atomic mass is 35.5. The number of amides is 1. The monoisotopic (exact) mass is 470 g/mol. The molecule has 2 aromatic carbocycles. The molecule has 3 rings (SSSR count). The van der Waals surface area contributed by atoms with E-state index in [1.807, 2.05) is 24.3 Å². The second-order valence-corrected chi connectivity index (χ2v) is 10.6. The van der Waals surface area contributed by atoms with Gasteiger partial charge in [0.1, 0.15) is 5.82 Å². The Morgan fingerprint density at radius 1 is 1.10 bits per heavy atom. The SMILES string of the molecule is O=C(NCCSCc1ccc(Cl)cc1)C1CCN(S(=O)(=O)c2ccc(F)cc2)CC1. The Balaban J connectivity index is 1.38. The molecule has 0 aliphatic carbocycles. The zero-order chi connectivity index (χ0) is 21.6. The lowest BCUT2D eigenvalue weighted by molar-refractivity contribution is -0.125. The molecular weight excluding hydrogens is 447 g/mol. The molecule has 0 unspecified atom stereocenters. The van der Waals surface area contributed by atoms with Crippen molar-refractivity contribution in [2.45, 2.75) is 23.5 Å². The molecule has 1 fully saturated rings. The van der Waals surface area contributed by atoms with Crippen molar-refractivity contribution in [3.05, 3.63) is 64.9 Å². The van der Waals surface area contributed by atoms with Gasteiger partial charge < -0.3 is 5.32 Å². The Morgan fingerprint density at radius 2 is 1.73 bits per heavy atom. The first-order valence-electron chi connectivity index (χ1n) is 9.72. The lowest BCUT2D eigenvalue weighted by Crippen LogP contribution is -2.43. The molecular formula is C21H24ClFN2O3S2. The van der Waals surface area contributed by atoms with Crippen LogP contribution in [0.25, 0.3) is 0 Å². The van der Waals surface area contributed by atoms with Gasteiger partial charge in [-0.25, -0.2) is 12.8 Å². The molecule has 1 amide bonds. The Labute approximate surface area is 186 Å². The van der Waals surface area contributed by atoms with Crippen LogP contribution < -0.4 is 5.32 Å². The van der Waals surface area contributed by atoms with Crippen LogP contribution in [0.15, 0.2) is 53.4 Å². The number of sulfonamides is 1. The van der Waals surface area contributed by atoms with Gasteiger partial charge in [-0.3, -0.25) is 4.79 Å². The van der Waals surface area contributed by atoms with Crippen LogP contribution in [0.1, 0.15) is 18.4 Å². The minimum Gasteiger partial charge on any atom is -0.355 e. The van der Waals surface area contributed by atoms with E-state index in [-0.39, 0.29) is 29.8 Å². The van der Waals surface area contributed by atoms with E-state index >= 15 is 0 Å². The summed E-state index contributed by atoms with van der Waals surface area (Å²) in [4.78, 5) is 12.5. The second-order valence-electron chi connectivity index (χ2n) is 7.10. The molecule has 9 heteroatoms. The fraction of sp³-hybridized carbons (Fsp3) is 0.381. The molecule has 1 aliphatic heterocycles. The van der Waals surface area contributed by atoms with Crippen LogP contribution in [0.3, 0.4) is 0 Å². The quantitative estimate of drug-likeness (QED) is 0.593. The maximum absolute atomic E-state index is 13.0. The van der Waals surface area contributed by atoms with Crippen molar-refractivity contribution < 1.29 is 17.6 Å². The van der Waals surface area contributed by atoms with Gasteiger partial charge in [0.15, 0.2) is 0 Å². The van der Waals surface area contributed by atoms with E-state index in [9.17, 15) is 17.6 Å². The van der Waals surface area contributed by atoms with Crippen LogP contribution >= 0.6 is 23.4 Å². The highest BCUT2D eigenvalue weighted by molar-refractivity contribution is 7.98. The average Bonchev–Trinajstić information content (AvgIpc) is 2.75. The van der Waals surface area contributed by atoms with E-state index in [1.54, 1.807) is 11.8 Å². The molecule has 0 radical (unpaired) electrons. The topological polar surface area (TPSA) is 66.5 Å². The molecule has 0 aromatic heterocycles. The summed E-state index contributed by atoms with van der Waals surface area (Å²) >= 11 is 7.60. The number of thioether (sulfide) groups is 1. The summed E-state index contributed by atoms with van der Waals surface area (Å²) in [6.45, 7) is 1.14. The molecule has 0 atom stereocenters. The first kappa shape index (κ1) is 23.1. The maximum Gasteiger partial charge on any atom is 0.243 e. The Hall–Kier alpha value is -1.61. The third-order valence-electron chi connectivity index (χ3n) is 5.00. The van der Waals surface area contributed by atoms with Gasteiger partial charge in [-0.2, -0.15) is 16.1 Å². The molecule has 0 saturated carbocycles. The van der Waals surface area contributed by atoms with Crippen LogP contribution in [0.5, 0.6) is 0 Å². The third kappa shape index (κ3) is 6.20. The van der Waals surface area contributed by atoms with E-state index in [0.717, 1.165) is 23.6 Å². The highest BCUT2D eigenvalue weighted by Crippen LogP contribution is 2.24. The molecule has 1 heterocycles. The summed E-state index contributed by atoms with van der Waals surface area (Å²) in [6.07, 6.45) is 0.953.